The molecule has 0 amide bonds. The number of ether oxygens (including phenoxy) is 4. The Balaban J connectivity index is 2.40. The van der Waals surface area contributed by atoms with E-state index < -0.39 is 18.2 Å². The van der Waals surface area contributed by atoms with Crippen molar-refractivity contribution < 1.29 is 33.6 Å². The van der Waals surface area contributed by atoms with E-state index in [1.807, 2.05) is 27.7 Å². The van der Waals surface area contributed by atoms with Gasteiger partial charge < -0.3 is 24.1 Å². The average molecular weight is 318 g/mol. The molecule has 0 aromatic rings. The normalized spacial score (nSPS) is 21.8. The molecule has 0 saturated carbocycles. The van der Waals surface area contributed by atoms with E-state index in [0.717, 1.165) is 6.42 Å². The summed E-state index contributed by atoms with van der Waals surface area (Å²) >= 11 is 0. The Morgan fingerprint density at radius 3 is 2.50 bits per heavy atom. The van der Waals surface area contributed by atoms with Crippen LogP contribution in [0.5, 0.6) is 0 Å². The Bertz CT molecular complexity index is 378. The van der Waals surface area contributed by atoms with Crippen molar-refractivity contribution in [3.63, 3.8) is 0 Å². The number of rotatable bonds is 9. The molecule has 1 saturated heterocycles. The van der Waals surface area contributed by atoms with Crippen LogP contribution in [0.4, 0.5) is 0 Å². The van der Waals surface area contributed by atoms with Gasteiger partial charge in [-0.1, -0.05) is 0 Å². The minimum atomic E-state index is -1.03. The summed E-state index contributed by atoms with van der Waals surface area (Å²) in [6, 6.07) is 0. The highest BCUT2D eigenvalue weighted by molar-refractivity contribution is 5.76. The number of carboxylic acids is 1. The lowest BCUT2D eigenvalue weighted by Gasteiger charge is -2.24. The van der Waals surface area contributed by atoms with Crippen LogP contribution in [0.3, 0.4) is 0 Å². The number of carbonyl (C=O) groups is 2. The van der Waals surface area contributed by atoms with Gasteiger partial charge in [0.25, 0.3) is 0 Å². The fourth-order valence-corrected chi connectivity index (χ4v) is 2.14. The van der Waals surface area contributed by atoms with Gasteiger partial charge in [0.05, 0.1) is 37.3 Å². The van der Waals surface area contributed by atoms with E-state index >= 15 is 0 Å². The molecule has 1 fully saturated rings. The standard InChI is InChI=1S/C15H26O7/c1-10(2)21-14(9-19-13(18)6-5-12(16)17)22-11-7-15(3,4)20-8-11/h10-11,14H,5-9H2,1-4H3,(H,16,17). The molecule has 2 unspecified atom stereocenters. The molecule has 2 atom stereocenters. The largest absolute Gasteiger partial charge is 0.481 e. The maximum Gasteiger partial charge on any atom is 0.306 e. The zero-order valence-electron chi connectivity index (χ0n) is 13.7. The molecule has 1 heterocycles. The van der Waals surface area contributed by atoms with Crippen LogP contribution in [-0.2, 0) is 28.5 Å². The van der Waals surface area contributed by atoms with E-state index in [0.29, 0.717) is 6.61 Å². The number of esters is 1. The fourth-order valence-electron chi connectivity index (χ4n) is 2.14. The first-order valence-corrected chi connectivity index (χ1v) is 7.50. The lowest BCUT2D eigenvalue weighted by molar-refractivity contribution is -0.211. The molecule has 1 aliphatic rings. The van der Waals surface area contributed by atoms with Crippen LogP contribution in [0.1, 0.15) is 47.0 Å². The van der Waals surface area contributed by atoms with Gasteiger partial charge in [-0.05, 0) is 27.7 Å². The van der Waals surface area contributed by atoms with Crippen LogP contribution in [0, 0.1) is 0 Å². The van der Waals surface area contributed by atoms with Gasteiger partial charge in [-0.3, -0.25) is 9.59 Å². The molecule has 0 bridgehead atoms. The topological polar surface area (TPSA) is 91.3 Å². The smallest absolute Gasteiger partial charge is 0.306 e. The Hall–Kier alpha value is -1.18. The second-order valence-electron chi connectivity index (χ2n) is 6.22. The highest BCUT2D eigenvalue weighted by Gasteiger charge is 2.34. The molecule has 1 aliphatic heterocycles. The zero-order chi connectivity index (χ0) is 16.8. The minimum absolute atomic E-state index is 0.0619. The van der Waals surface area contributed by atoms with Crippen molar-refractivity contribution >= 4 is 11.9 Å². The molecule has 1 N–H and O–H groups in total. The first kappa shape index (κ1) is 18.9. The molecular weight excluding hydrogens is 292 g/mol. The molecule has 7 nitrogen and oxygen atoms in total. The summed E-state index contributed by atoms with van der Waals surface area (Å²) in [7, 11) is 0. The summed E-state index contributed by atoms with van der Waals surface area (Å²) in [6.07, 6.45) is -0.563. The Kier molecular flexibility index (Phi) is 7.25. The van der Waals surface area contributed by atoms with Crippen molar-refractivity contribution in [3.8, 4) is 0 Å². The monoisotopic (exact) mass is 318 g/mol. The molecule has 22 heavy (non-hydrogen) atoms. The van der Waals surface area contributed by atoms with E-state index in [-0.39, 0.29) is 37.3 Å². The molecule has 0 radical (unpaired) electrons. The molecule has 7 heteroatoms. The van der Waals surface area contributed by atoms with Crippen molar-refractivity contribution in [2.24, 2.45) is 0 Å². The number of carboxylic acid groups (broad SMARTS) is 1. The SMILES string of the molecule is CC(C)OC(COC(=O)CCC(=O)O)OC1COC(C)(C)C1. The van der Waals surface area contributed by atoms with Gasteiger partial charge in [0.2, 0.25) is 0 Å². The van der Waals surface area contributed by atoms with E-state index in [1.54, 1.807) is 0 Å². The molecular formula is C15H26O7. The van der Waals surface area contributed by atoms with Crippen LogP contribution in [0.2, 0.25) is 0 Å². The molecule has 0 aromatic carbocycles. The fraction of sp³-hybridized carbons (Fsp3) is 0.867. The third-order valence-corrected chi connectivity index (χ3v) is 3.07. The molecule has 0 spiro atoms. The maximum atomic E-state index is 11.5. The third-order valence-electron chi connectivity index (χ3n) is 3.07. The molecule has 0 aliphatic carbocycles. The summed E-state index contributed by atoms with van der Waals surface area (Å²) in [4.78, 5) is 21.9. The van der Waals surface area contributed by atoms with Crippen molar-refractivity contribution in [1.29, 1.82) is 0 Å². The summed E-state index contributed by atoms with van der Waals surface area (Å²) in [5, 5.41) is 8.53. The first-order chi connectivity index (χ1) is 10.2. The van der Waals surface area contributed by atoms with Crippen LogP contribution in [0.15, 0.2) is 0 Å². The summed E-state index contributed by atoms with van der Waals surface area (Å²) < 4.78 is 22.0. The van der Waals surface area contributed by atoms with Crippen molar-refractivity contribution in [1.82, 2.24) is 0 Å². The number of carbonyl (C=O) groups excluding carboxylic acids is 1. The highest BCUT2D eigenvalue weighted by Crippen LogP contribution is 2.27. The van der Waals surface area contributed by atoms with E-state index in [1.165, 1.54) is 0 Å². The number of aliphatic carboxylic acids is 1. The quantitative estimate of drug-likeness (QED) is 0.511. The van der Waals surface area contributed by atoms with Gasteiger partial charge >= 0.3 is 11.9 Å². The van der Waals surface area contributed by atoms with Crippen molar-refractivity contribution in [3.05, 3.63) is 0 Å². The average Bonchev–Trinajstić information content (AvgIpc) is 2.72. The Morgan fingerprint density at radius 1 is 1.32 bits per heavy atom. The third kappa shape index (κ3) is 7.72. The van der Waals surface area contributed by atoms with Crippen LogP contribution < -0.4 is 0 Å². The molecule has 0 aromatic heterocycles. The maximum absolute atomic E-state index is 11.5. The Morgan fingerprint density at radius 2 is 2.00 bits per heavy atom. The molecule has 128 valence electrons. The van der Waals surface area contributed by atoms with Gasteiger partial charge in [0.15, 0.2) is 6.29 Å². The van der Waals surface area contributed by atoms with Crippen molar-refractivity contribution in [2.75, 3.05) is 13.2 Å². The second-order valence-corrected chi connectivity index (χ2v) is 6.22. The lowest BCUT2D eigenvalue weighted by atomic mass is 10.1. The second kappa shape index (κ2) is 8.45. The van der Waals surface area contributed by atoms with Gasteiger partial charge in [0, 0.05) is 6.42 Å². The zero-order valence-corrected chi connectivity index (χ0v) is 13.7. The minimum Gasteiger partial charge on any atom is -0.481 e. The lowest BCUT2D eigenvalue weighted by Crippen LogP contribution is -2.32. The highest BCUT2D eigenvalue weighted by atomic mass is 16.7. The van der Waals surface area contributed by atoms with E-state index in [4.69, 9.17) is 24.1 Å². The van der Waals surface area contributed by atoms with Gasteiger partial charge in [-0.25, -0.2) is 0 Å². The first-order valence-electron chi connectivity index (χ1n) is 7.50. The van der Waals surface area contributed by atoms with Crippen LogP contribution in [0.25, 0.3) is 0 Å². The predicted molar refractivity (Wildman–Crippen MR) is 77.4 cm³/mol. The number of hydrogen-bond donors (Lipinski definition) is 1. The summed E-state index contributed by atoms with van der Waals surface area (Å²) in [6.45, 7) is 8.10. The van der Waals surface area contributed by atoms with E-state index in [2.05, 4.69) is 0 Å². The van der Waals surface area contributed by atoms with Gasteiger partial charge in [-0.15, -0.1) is 0 Å². The van der Waals surface area contributed by atoms with E-state index in [9.17, 15) is 9.59 Å². The van der Waals surface area contributed by atoms with Crippen molar-refractivity contribution in [2.45, 2.75) is 71.1 Å². The predicted octanol–water partition coefficient (Wildman–Crippen LogP) is 1.73. The van der Waals surface area contributed by atoms with Crippen LogP contribution >= 0.6 is 0 Å². The Labute approximate surface area is 130 Å². The van der Waals surface area contributed by atoms with Crippen LogP contribution in [-0.4, -0.2) is 54.4 Å². The number of hydrogen-bond acceptors (Lipinski definition) is 6. The van der Waals surface area contributed by atoms with Gasteiger partial charge in [-0.2, -0.15) is 0 Å². The molecule has 1 rings (SSSR count). The van der Waals surface area contributed by atoms with Gasteiger partial charge in [0.1, 0.15) is 6.61 Å². The summed E-state index contributed by atoms with van der Waals surface area (Å²) in [5.74, 6) is -1.61. The summed E-state index contributed by atoms with van der Waals surface area (Å²) in [5.41, 5.74) is -0.231.